The standard InChI is InChI=1S/C19H17N5O/c1-13-12-16(24(21-13)17-10-6-7-11-20-17)18-14(2)22-23(19(18)25)15-8-4-3-5-9-15/h3-12,22H,1-2H3. The lowest BCUT2D eigenvalue weighted by Gasteiger charge is -2.04. The Bertz CT molecular complexity index is 1070. The van der Waals surface area contributed by atoms with Gasteiger partial charge in [-0.05, 0) is 44.2 Å². The van der Waals surface area contributed by atoms with Gasteiger partial charge in [0.05, 0.1) is 22.6 Å². The predicted molar refractivity (Wildman–Crippen MR) is 96.2 cm³/mol. The van der Waals surface area contributed by atoms with E-state index in [-0.39, 0.29) is 5.56 Å². The number of H-pyrrole nitrogens is 1. The zero-order valence-corrected chi connectivity index (χ0v) is 14.0. The van der Waals surface area contributed by atoms with Gasteiger partial charge in [0.25, 0.3) is 5.56 Å². The Morgan fingerprint density at radius 1 is 1.00 bits per heavy atom. The van der Waals surface area contributed by atoms with E-state index < -0.39 is 0 Å². The largest absolute Gasteiger partial charge is 0.295 e. The fourth-order valence-electron chi connectivity index (χ4n) is 2.94. The molecule has 0 atom stereocenters. The van der Waals surface area contributed by atoms with E-state index in [4.69, 9.17) is 0 Å². The molecular formula is C19H17N5O. The maximum atomic E-state index is 13.1. The van der Waals surface area contributed by atoms with Gasteiger partial charge in [-0.3, -0.25) is 9.89 Å². The fraction of sp³-hybridized carbons (Fsp3) is 0.105. The zero-order chi connectivity index (χ0) is 17.4. The summed E-state index contributed by atoms with van der Waals surface area (Å²) in [6, 6.07) is 17.0. The molecule has 0 aliphatic rings. The molecule has 124 valence electrons. The van der Waals surface area contributed by atoms with Crippen LogP contribution in [0.3, 0.4) is 0 Å². The molecule has 3 heterocycles. The third-order valence-electron chi connectivity index (χ3n) is 4.04. The first-order valence-electron chi connectivity index (χ1n) is 8.00. The number of nitrogens with one attached hydrogen (secondary N) is 1. The van der Waals surface area contributed by atoms with Gasteiger partial charge in [0.15, 0.2) is 5.82 Å². The van der Waals surface area contributed by atoms with Gasteiger partial charge in [-0.2, -0.15) is 5.10 Å². The van der Waals surface area contributed by atoms with Crippen LogP contribution in [0.1, 0.15) is 11.4 Å². The number of pyridine rings is 1. The van der Waals surface area contributed by atoms with E-state index in [9.17, 15) is 4.79 Å². The van der Waals surface area contributed by atoms with E-state index in [0.29, 0.717) is 11.4 Å². The number of benzene rings is 1. The van der Waals surface area contributed by atoms with Crippen LogP contribution in [0.5, 0.6) is 0 Å². The van der Waals surface area contributed by atoms with Crippen molar-refractivity contribution in [2.45, 2.75) is 13.8 Å². The molecule has 6 heteroatoms. The van der Waals surface area contributed by atoms with E-state index in [2.05, 4.69) is 15.2 Å². The highest BCUT2D eigenvalue weighted by Crippen LogP contribution is 2.23. The number of nitrogens with zero attached hydrogens (tertiary/aromatic N) is 4. The molecule has 0 unspecified atom stereocenters. The van der Waals surface area contributed by atoms with Crippen molar-refractivity contribution in [2.75, 3.05) is 0 Å². The average Bonchev–Trinajstić information content (AvgIpc) is 3.15. The van der Waals surface area contributed by atoms with Gasteiger partial charge >= 0.3 is 0 Å². The second kappa shape index (κ2) is 5.90. The molecule has 3 aromatic heterocycles. The van der Waals surface area contributed by atoms with Gasteiger partial charge in [0, 0.05) is 11.9 Å². The Morgan fingerprint density at radius 3 is 2.48 bits per heavy atom. The lowest BCUT2D eigenvalue weighted by atomic mass is 10.2. The van der Waals surface area contributed by atoms with Crippen molar-refractivity contribution in [2.24, 2.45) is 0 Å². The van der Waals surface area contributed by atoms with E-state index in [1.54, 1.807) is 15.6 Å². The van der Waals surface area contributed by atoms with Crippen molar-refractivity contribution < 1.29 is 0 Å². The summed E-state index contributed by atoms with van der Waals surface area (Å²) in [6.45, 7) is 3.79. The molecule has 0 aliphatic heterocycles. The van der Waals surface area contributed by atoms with Crippen LogP contribution in [0.25, 0.3) is 22.8 Å². The second-order valence-corrected chi connectivity index (χ2v) is 5.86. The number of aromatic nitrogens is 5. The van der Waals surface area contributed by atoms with Gasteiger partial charge in [-0.25, -0.2) is 14.3 Å². The molecule has 1 aromatic carbocycles. The minimum absolute atomic E-state index is 0.110. The number of para-hydroxylation sites is 1. The predicted octanol–water partition coefficient (Wildman–Crippen LogP) is 3.03. The van der Waals surface area contributed by atoms with Crippen LogP contribution in [0.4, 0.5) is 0 Å². The summed E-state index contributed by atoms with van der Waals surface area (Å²) >= 11 is 0. The van der Waals surface area contributed by atoms with Crippen molar-refractivity contribution in [1.29, 1.82) is 0 Å². The third-order valence-corrected chi connectivity index (χ3v) is 4.04. The summed E-state index contributed by atoms with van der Waals surface area (Å²) < 4.78 is 3.26. The maximum Gasteiger partial charge on any atom is 0.280 e. The normalized spacial score (nSPS) is 11.0. The van der Waals surface area contributed by atoms with Crippen molar-refractivity contribution in [3.63, 3.8) is 0 Å². The Balaban J connectivity index is 1.93. The van der Waals surface area contributed by atoms with Gasteiger partial charge in [-0.15, -0.1) is 0 Å². The van der Waals surface area contributed by atoms with E-state index >= 15 is 0 Å². The molecule has 0 saturated heterocycles. The van der Waals surface area contributed by atoms with E-state index in [1.165, 1.54) is 0 Å². The first-order chi connectivity index (χ1) is 12.1. The molecule has 6 nitrogen and oxygen atoms in total. The lowest BCUT2D eigenvalue weighted by molar-refractivity contribution is 0.832. The molecule has 0 bridgehead atoms. The second-order valence-electron chi connectivity index (χ2n) is 5.86. The Labute approximate surface area is 144 Å². The highest BCUT2D eigenvalue weighted by atomic mass is 16.1. The van der Waals surface area contributed by atoms with Crippen molar-refractivity contribution >= 4 is 0 Å². The third kappa shape index (κ3) is 2.57. The van der Waals surface area contributed by atoms with Gasteiger partial charge < -0.3 is 0 Å². The molecule has 0 aliphatic carbocycles. The van der Waals surface area contributed by atoms with Crippen LogP contribution in [-0.2, 0) is 0 Å². The molecular weight excluding hydrogens is 314 g/mol. The van der Waals surface area contributed by atoms with Crippen molar-refractivity contribution in [1.82, 2.24) is 24.5 Å². The summed E-state index contributed by atoms with van der Waals surface area (Å²) in [7, 11) is 0. The maximum absolute atomic E-state index is 13.1. The molecule has 0 fully saturated rings. The highest BCUT2D eigenvalue weighted by Gasteiger charge is 2.20. The monoisotopic (exact) mass is 331 g/mol. The van der Waals surface area contributed by atoms with Crippen LogP contribution in [0.15, 0.2) is 65.6 Å². The SMILES string of the molecule is Cc1cc(-c2c(C)[nH]n(-c3ccccc3)c2=O)n(-c2ccccn2)n1. The molecule has 4 aromatic rings. The minimum Gasteiger partial charge on any atom is -0.295 e. The molecule has 0 spiro atoms. The summed E-state index contributed by atoms with van der Waals surface area (Å²) in [5, 5.41) is 7.67. The molecule has 4 rings (SSSR count). The van der Waals surface area contributed by atoms with E-state index in [1.807, 2.05) is 68.4 Å². The van der Waals surface area contributed by atoms with Gasteiger partial charge in [0.2, 0.25) is 0 Å². The summed E-state index contributed by atoms with van der Waals surface area (Å²) in [5.74, 6) is 0.678. The van der Waals surface area contributed by atoms with E-state index in [0.717, 1.165) is 22.8 Å². The number of aryl methyl sites for hydroxylation is 2. The van der Waals surface area contributed by atoms with Crippen LogP contribution in [0.2, 0.25) is 0 Å². The highest BCUT2D eigenvalue weighted by molar-refractivity contribution is 5.64. The average molecular weight is 331 g/mol. The molecule has 1 N–H and O–H groups in total. The quantitative estimate of drug-likeness (QED) is 0.627. The number of hydrogen-bond donors (Lipinski definition) is 1. The Morgan fingerprint density at radius 2 is 1.76 bits per heavy atom. The zero-order valence-electron chi connectivity index (χ0n) is 14.0. The van der Waals surface area contributed by atoms with Crippen LogP contribution in [0, 0.1) is 13.8 Å². The smallest absolute Gasteiger partial charge is 0.280 e. The van der Waals surface area contributed by atoms with Crippen LogP contribution in [-0.4, -0.2) is 24.5 Å². The van der Waals surface area contributed by atoms with Gasteiger partial charge in [0.1, 0.15) is 0 Å². The van der Waals surface area contributed by atoms with Gasteiger partial charge in [-0.1, -0.05) is 24.3 Å². The minimum atomic E-state index is -0.110. The molecule has 0 amide bonds. The number of rotatable bonds is 3. The summed E-state index contributed by atoms with van der Waals surface area (Å²) in [4.78, 5) is 17.4. The number of hydrogen-bond acceptors (Lipinski definition) is 3. The first-order valence-corrected chi connectivity index (χ1v) is 8.00. The van der Waals surface area contributed by atoms with Crippen LogP contribution < -0.4 is 5.56 Å². The van der Waals surface area contributed by atoms with Crippen molar-refractivity contribution in [3.8, 4) is 22.8 Å². The lowest BCUT2D eigenvalue weighted by Crippen LogP contribution is -2.16. The van der Waals surface area contributed by atoms with Crippen molar-refractivity contribution in [3.05, 3.63) is 82.5 Å². The first kappa shape index (κ1) is 15.1. The molecule has 0 radical (unpaired) electrons. The molecule has 0 saturated carbocycles. The summed E-state index contributed by atoms with van der Waals surface area (Å²) in [6.07, 6.45) is 1.71. The fourth-order valence-corrected chi connectivity index (χ4v) is 2.94. The Kier molecular flexibility index (Phi) is 3.57. The number of aromatic amines is 1. The van der Waals surface area contributed by atoms with Crippen LogP contribution >= 0.6 is 0 Å². The Hall–Kier alpha value is -3.41. The topological polar surface area (TPSA) is 68.5 Å². The molecule has 25 heavy (non-hydrogen) atoms. The summed E-state index contributed by atoms with van der Waals surface area (Å²) in [5.41, 5.74) is 3.61.